The van der Waals surface area contributed by atoms with Crippen LogP contribution >= 0.6 is 0 Å². The van der Waals surface area contributed by atoms with Gasteiger partial charge in [-0.1, -0.05) is 18.2 Å². The van der Waals surface area contributed by atoms with Gasteiger partial charge in [0.1, 0.15) is 11.6 Å². The third kappa shape index (κ3) is 5.19. The van der Waals surface area contributed by atoms with Gasteiger partial charge in [0.2, 0.25) is 5.91 Å². The summed E-state index contributed by atoms with van der Waals surface area (Å²) >= 11 is 0. The molecule has 0 unspecified atom stereocenters. The summed E-state index contributed by atoms with van der Waals surface area (Å²) in [5.41, 5.74) is 0.962. The van der Waals surface area contributed by atoms with Crippen molar-refractivity contribution in [2.45, 2.75) is 26.3 Å². The van der Waals surface area contributed by atoms with Crippen LogP contribution in [0.4, 0.5) is 4.39 Å². The van der Waals surface area contributed by atoms with Crippen LogP contribution in [0.15, 0.2) is 48.5 Å². The van der Waals surface area contributed by atoms with Gasteiger partial charge in [-0.15, -0.1) is 0 Å². The summed E-state index contributed by atoms with van der Waals surface area (Å²) in [4.78, 5) is 23.9. The molecule has 1 N–H and O–H groups in total. The van der Waals surface area contributed by atoms with Gasteiger partial charge in [0.05, 0.1) is 6.61 Å². The molecule has 1 amide bonds. The van der Waals surface area contributed by atoms with E-state index in [4.69, 9.17) is 4.74 Å². The number of nitrogens with one attached hydrogen (secondary N) is 1. The molecule has 0 bridgehead atoms. The molecule has 0 atom stereocenters. The van der Waals surface area contributed by atoms with Crippen LogP contribution in [0.3, 0.4) is 0 Å². The van der Waals surface area contributed by atoms with Crippen LogP contribution in [0.1, 0.15) is 35.7 Å². The van der Waals surface area contributed by atoms with Crippen molar-refractivity contribution in [1.82, 2.24) is 5.32 Å². The SMILES string of the molecule is CCOc1ccc(C(=O)CCC(=O)NCc2ccccc2F)cc1. The first-order valence-corrected chi connectivity index (χ1v) is 7.86. The van der Waals surface area contributed by atoms with E-state index in [2.05, 4.69) is 5.32 Å². The van der Waals surface area contributed by atoms with E-state index in [1.54, 1.807) is 42.5 Å². The maximum atomic E-state index is 13.4. The smallest absolute Gasteiger partial charge is 0.220 e. The van der Waals surface area contributed by atoms with Crippen molar-refractivity contribution in [2.24, 2.45) is 0 Å². The minimum Gasteiger partial charge on any atom is -0.494 e. The van der Waals surface area contributed by atoms with E-state index in [1.165, 1.54) is 6.07 Å². The topological polar surface area (TPSA) is 55.4 Å². The van der Waals surface area contributed by atoms with Gasteiger partial charge in [0, 0.05) is 30.5 Å². The van der Waals surface area contributed by atoms with Gasteiger partial charge in [-0.05, 0) is 37.3 Å². The van der Waals surface area contributed by atoms with Gasteiger partial charge >= 0.3 is 0 Å². The Morgan fingerprint density at radius 3 is 2.42 bits per heavy atom. The molecule has 0 fully saturated rings. The van der Waals surface area contributed by atoms with E-state index >= 15 is 0 Å². The first kappa shape index (κ1) is 17.7. The summed E-state index contributed by atoms with van der Waals surface area (Å²) in [6.45, 7) is 2.57. The van der Waals surface area contributed by atoms with Crippen molar-refractivity contribution in [3.8, 4) is 5.75 Å². The monoisotopic (exact) mass is 329 g/mol. The van der Waals surface area contributed by atoms with E-state index in [0.29, 0.717) is 23.5 Å². The van der Waals surface area contributed by atoms with Crippen molar-refractivity contribution in [3.05, 3.63) is 65.5 Å². The third-order valence-electron chi connectivity index (χ3n) is 3.50. The summed E-state index contributed by atoms with van der Waals surface area (Å²) < 4.78 is 18.8. The minimum absolute atomic E-state index is 0.0699. The fourth-order valence-electron chi connectivity index (χ4n) is 2.20. The van der Waals surface area contributed by atoms with Crippen LogP contribution in [0.2, 0.25) is 0 Å². The molecule has 0 aliphatic carbocycles. The summed E-state index contributed by atoms with van der Waals surface area (Å²) in [6.07, 6.45) is 0.178. The van der Waals surface area contributed by atoms with E-state index in [9.17, 15) is 14.0 Å². The molecule has 2 rings (SSSR count). The van der Waals surface area contributed by atoms with Crippen LogP contribution in [0.25, 0.3) is 0 Å². The number of Topliss-reactive ketones (excluding diaryl/α,β-unsaturated/α-hetero) is 1. The molecule has 0 aliphatic rings. The first-order chi connectivity index (χ1) is 11.6. The molecule has 0 spiro atoms. The maximum Gasteiger partial charge on any atom is 0.220 e. The van der Waals surface area contributed by atoms with E-state index < -0.39 is 0 Å². The molecule has 0 aromatic heterocycles. The second kappa shape index (κ2) is 8.82. The minimum atomic E-state index is -0.358. The van der Waals surface area contributed by atoms with Gasteiger partial charge in [0.15, 0.2) is 5.78 Å². The summed E-state index contributed by atoms with van der Waals surface area (Å²) in [5, 5.41) is 2.62. The molecule has 4 nitrogen and oxygen atoms in total. The highest BCUT2D eigenvalue weighted by molar-refractivity contribution is 5.98. The number of benzene rings is 2. The zero-order valence-electron chi connectivity index (χ0n) is 13.5. The second-order valence-corrected chi connectivity index (χ2v) is 5.25. The number of carbonyl (C=O) groups excluding carboxylic acids is 2. The number of hydrogen-bond donors (Lipinski definition) is 1. The van der Waals surface area contributed by atoms with E-state index in [-0.39, 0.29) is 36.9 Å². The summed E-state index contributed by atoms with van der Waals surface area (Å²) in [7, 11) is 0. The number of rotatable bonds is 8. The molecular weight excluding hydrogens is 309 g/mol. The summed E-state index contributed by atoms with van der Waals surface area (Å²) in [5.74, 6) is -0.0448. The number of carbonyl (C=O) groups is 2. The average molecular weight is 329 g/mol. The molecule has 0 heterocycles. The van der Waals surface area contributed by atoms with Crippen LogP contribution in [-0.2, 0) is 11.3 Å². The lowest BCUT2D eigenvalue weighted by Crippen LogP contribution is -2.23. The lowest BCUT2D eigenvalue weighted by Gasteiger charge is -2.07. The molecule has 0 aliphatic heterocycles. The number of amides is 1. The Kier molecular flexibility index (Phi) is 6.49. The number of hydrogen-bond acceptors (Lipinski definition) is 3. The number of halogens is 1. The van der Waals surface area contributed by atoms with Gasteiger partial charge in [-0.2, -0.15) is 0 Å². The van der Waals surface area contributed by atoms with Crippen molar-refractivity contribution in [1.29, 1.82) is 0 Å². The molecule has 0 saturated heterocycles. The normalized spacial score (nSPS) is 10.2. The van der Waals surface area contributed by atoms with Gasteiger partial charge in [-0.25, -0.2) is 4.39 Å². The van der Waals surface area contributed by atoms with Crippen LogP contribution in [0, 0.1) is 5.82 Å². The molecule has 126 valence electrons. The van der Waals surface area contributed by atoms with Crippen LogP contribution in [0.5, 0.6) is 5.75 Å². The Morgan fingerprint density at radius 2 is 1.75 bits per heavy atom. The Bertz CT molecular complexity index is 698. The maximum absolute atomic E-state index is 13.4. The van der Waals surface area contributed by atoms with Gasteiger partial charge in [-0.3, -0.25) is 9.59 Å². The van der Waals surface area contributed by atoms with Crippen molar-refractivity contribution in [3.63, 3.8) is 0 Å². The molecule has 0 saturated carbocycles. The fourth-order valence-corrected chi connectivity index (χ4v) is 2.20. The largest absolute Gasteiger partial charge is 0.494 e. The van der Waals surface area contributed by atoms with Crippen LogP contribution < -0.4 is 10.1 Å². The quantitative estimate of drug-likeness (QED) is 0.754. The predicted octanol–water partition coefficient (Wildman–Crippen LogP) is 3.50. The second-order valence-electron chi connectivity index (χ2n) is 5.25. The zero-order chi connectivity index (χ0) is 17.4. The first-order valence-electron chi connectivity index (χ1n) is 7.86. The van der Waals surface area contributed by atoms with E-state index in [0.717, 1.165) is 0 Å². The molecular formula is C19H20FNO3. The van der Waals surface area contributed by atoms with Gasteiger partial charge < -0.3 is 10.1 Å². The van der Waals surface area contributed by atoms with E-state index in [1.807, 2.05) is 6.92 Å². The highest BCUT2D eigenvalue weighted by Gasteiger charge is 2.10. The number of ether oxygens (including phenoxy) is 1. The highest BCUT2D eigenvalue weighted by Crippen LogP contribution is 2.14. The van der Waals surface area contributed by atoms with Crippen molar-refractivity contribution in [2.75, 3.05) is 6.61 Å². The summed E-state index contributed by atoms with van der Waals surface area (Å²) in [6, 6.07) is 13.1. The number of ketones is 1. The molecule has 5 heteroatoms. The standard InChI is InChI=1S/C19H20FNO3/c1-2-24-16-9-7-14(8-10-16)18(22)11-12-19(23)21-13-15-5-3-4-6-17(15)20/h3-10H,2,11-13H2,1H3,(H,21,23). The van der Waals surface area contributed by atoms with Crippen LogP contribution in [-0.4, -0.2) is 18.3 Å². The highest BCUT2D eigenvalue weighted by atomic mass is 19.1. The Labute approximate surface area is 140 Å². The van der Waals surface area contributed by atoms with Crippen molar-refractivity contribution < 1.29 is 18.7 Å². The Morgan fingerprint density at radius 1 is 1.04 bits per heavy atom. The lowest BCUT2D eigenvalue weighted by atomic mass is 10.1. The fraction of sp³-hybridized carbons (Fsp3) is 0.263. The molecule has 24 heavy (non-hydrogen) atoms. The average Bonchev–Trinajstić information content (AvgIpc) is 2.60. The third-order valence-corrected chi connectivity index (χ3v) is 3.50. The lowest BCUT2D eigenvalue weighted by molar-refractivity contribution is -0.121. The Hall–Kier alpha value is -2.69. The molecule has 2 aromatic carbocycles. The predicted molar refractivity (Wildman–Crippen MR) is 89.4 cm³/mol. The molecule has 2 aromatic rings. The zero-order valence-corrected chi connectivity index (χ0v) is 13.5. The molecule has 0 radical (unpaired) electrons. The van der Waals surface area contributed by atoms with Crippen molar-refractivity contribution >= 4 is 11.7 Å². The van der Waals surface area contributed by atoms with Gasteiger partial charge in [0.25, 0.3) is 0 Å². The Balaban J connectivity index is 1.78.